The van der Waals surface area contributed by atoms with Crippen molar-refractivity contribution in [1.82, 2.24) is 19.8 Å². The van der Waals surface area contributed by atoms with Crippen molar-refractivity contribution < 1.29 is 45.1 Å². The Labute approximate surface area is 333 Å². The van der Waals surface area contributed by atoms with Crippen LogP contribution in [0.1, 0.15) is 49.7 Å². The minimum Gasteiger partial charge on any atom is -0.462 e. The molecule has 2 saturated heterocycles. The zero-order valence-electron chi connectivity index (χ0n) is 31.2. The highest BCUT2D eigenvalue weighted by Gasteiger charge is 2.28. The molecule has 302 valence electrons. The highest BCUT2D eigenvalue weighted by atomic mass is 19.3. The highest BCUT2D eigenvalue weighted by Crippen LogP contribution is 2.30. The molecule has 0 saturated carbocycles. The Kier molecular flexibility index (Phi) is 11.6. The molecule has 8 rings (SSSR count). The maximum Gasteiger partial charge on any atom is 0.387 e. The largest absolute Gasteiger partial charge is 0.462 e. The Hall–Kier alpha value is -7.21. The van der Waals surface area contributed by atoms with Gasteiger partial charge in [-0.3, -0.25) is 14.6 Å². The average molecular weight is 813 g/mol. The van der Waals surface area contributed by atoms with Crippen molar-refractivity contribution in [2.24, 2.45) is 0 Å². The van der Waals surface area contributed by atoms with Crippen molar-refractivity contribution in [1.29, 1.82) is 10.5 Å². The maximum absolute atomic E-state index is 13.7. The van der Waals surface area contributed by atoms with Gasteiger partial charge in [-0.25, -0.2) is 18.2 Å². The summed E-state index contributed by atoms with van der Waals surface area (Å²) < 4.78 is 79.8. The van der Waals surface area contributed by atoms with Gasteiger partial charge in [0.25, 0.3) is 18.2 Å². The number of piperazine rings is 2. The van der Waals surface area contributed by atoms with Crippen LogP contribution < -0.4 is 14.5 Å². The molecule has 0 aliphatic carbocycles. The van der Waals surface area contributed by atoms with E-state index in [0.717, 1.165) is 11.8 Å². The number of nitrogens with zero attached hydrogens (tertiary/aromatic N) is 8. The number of aromatic nitrogens is 2. The fourth-order valence-electron chi connectivity index (χ4n) is 6.98. The van der Waals surface area contributed by atoms with Crippen LogP contribution in [0.2, 0.25) is 0 Å². The molecule has 2 aliphatic heterocycles. The number of hydrogen-bond donors (Lipinski definition) is 0. The minimum atomic E-state index is -3.02. The number of amides is 2. The number of halogens is 5. The number of benzene rings is 2. The van der Waals surface area contributed by atoms with Crippen LogP contribution >= 0.6 is 0 Å². The molecular formula is C41H33F5N8O5. The first-order valence-corrected chi connectivity index (χ1v) is 18.2. The van der Waals surface area contributed by atoms with Gasteiger partial charge in [-0.05, 0) is 49.4 Å². The lowest BCUT2D eigenvalue weighted by atomic mass is 10.1. The standard InChI is InChI=1S/C21H16F4N4O3.C20H17FN4O2/c22-19(23)17-10-16-18(32-17)15(1-2-27-16)20(30)29-5-3-28(4-6-29)13-7-12(11-26)8-14(9-13)31-21(24)25;1-13-8-17(19-18(23-13)2-7-27-19)20(26)25-5-3-24(4-6-25)16-10-14(12-22)9-15(21)11-16/h1-2,7-10,19,21H,3-6H2;2,7-11H,3-6H2,1H3. The van der Waals surface area contributed by atoms with Crippen LogP contribution in [-0.4, -0.2) is 90.6 Å². The van der Waals surface area contributed by atoms with Crippen molar-refractivity contribution in [2.75, 3.05) is 62.2 Å². The predicted molar refractivity (Wildman–Crippen MR) is 203 cm³/mol. The summed E-state index contributed by atoms with van der Waals surface area (Å²) in [5.74, 6) is -1.61. The van der Waals surface area contributed by atoms with Crippen molar-refractivity contribution in [3.63, 3.8) is 0 Å². The average Bonchev–Trinajstić information content (AvgIpc) is 3.91. The number of anilines is 2. The molecule has 0 atom stereocenters. The first kappa shape index (κ1) is 40.0. The smallest absolute Gasteiger partial charge is 0.387 e. The molecule has 2 amide bonds. The summed E-state index contributed by atoms with van der Waals surface area (Å²) in [5, 5.41) is 18.2. The summed E-state index contributed by atoms with van der Waals surface area (Å²) in [6, 6.07) is 18.4. The van der Waals surface area contributed by atoms with Gasteiger partial charge in [0.1, 0.15) is 22.6 Å². The normalized spacial score (nSPS) is 14.3. The Balaban J connectivity index is 0.000000181. The molecule has 6 aromatic rings. The zero-order chi connectivity index (χ0) is 41.8. The molecular weight excluding hydrogens is 779 g/mol. The van der Waals surface area contributed by atoms with Gasteiger partial charge in [0.15, 0.2) is 16.9 Å². The van der Waals surface area contributed by atoms with E-state index in [4.69, 9.17) is 19.4 Å². The van der Waals surface area contributed by atoms with Crippen molar-refractivity contribution in [3.05, 3.63) is 113 Å². The molecule has 2 aromatic carbocycles. The molecule has 6 heterocycles. The molecule has 0 N–H and O–H groups in total. The van der Waals surface area contributed by atoms with E-state index in [9.17, 15) is 31.5 Å². The third-order valence-corrected chi connectivity index (χ3v) is 9.77. The van der Waals surface area contributed by atoms with Gasteiger partial charge in [-0.1, -0.05) is 0 Å². The number of furan rings is 2. The summed E-state index contributed by atoms with van der Waals surface area (Å²) in [6.45, 7) is 2.25. The van der Waals surface area contributed by atoms with E-state index in [0.29, 0.717) is 67.3 Å². The van der Waals surface area contributed by atoms with Gasteiger partial charge in [0.2, 0.25) is 0 Å². The molecule has 0 bridgehead atoms. The maximum atomic E-state index is 13.7. The number of pyridine rings is 2. The van der Waals surface area contributed by atoms with Crippen LogP contribution in [0.15, 0.2) is 82.0 Å². The lowest BCUT2D eigenvalue weighted by molar-refractivity contribution is -0.0498. The number of hydrogen-bond acceptors (Lipinski definition) is 11. The van der Waals surface area contributed by atoms with Gasteiger partial charge >= 0.3 is 6.61 Å². The summed E-state index contributed by atoms with van der Waals surface area (Å²) >= 11 is 0. The number of ether oxygens (including phenoxy) is 1. The predicted octanol–water partition coefficient (Wildman–Crippen LogP) is 7.31. The number of carbonyl (C=O) groups is 2. The summed E-state index contributed by atoms with van der Waals surface area (Å²) in [5.41, 5.74) is 4.38. The molecule has 13 nitrogen and oxygen atoms in total. The topological polar surface area (TPSA) is 156 Å². The van der Waals surface area contributed by atoms with Crippen LogP contribution in [-0.2, 0) is 0 Å². The zero-order valence-corrected chi connectivity index (χ0v) is 31.2. The number of rotatable bonds is 7. The Morgan fingerprint density at radius 2 is 1.36 bits per heavy atom. The summed E-state index contributed by atoms with van der Waals surface area (Å²) in [6.07, 6.45) is 0.0654. The number of nitriles is 2. The summed E-state index contributed by atoms with van der Waals surface area (Å²) in [4.78, 5) is 41.4. The van der Waals surface area contributed by atoms with E-state index in [-0.39, 0.29) is 58.4 Å². The summed E-state index contributed by atoms with van der Waals surface area (Å²) in [7, 11) is 0. The number of fused-ring (bicyclic) bond motifs is 2. The number of alkyl halides is 4. The van der Waals surface area contributed by atoms with Gasteiger partial charge in [-0.15, -0.1) is 0 Å². The molecule has 18 heteroatoms. The third kappa shape index (κ3) is 8.86. The van der Waals surface area contributed by atoms with E-state index in [1.165, 1.54) is 42.8 Å². The number of carbonyl (C=O) groups excluding carboxylic acids is 2. The minimum absolute atomic E-state index is 0.00532. The van der Waals surface area contributed by atoms with E-state index < -0.39 is 24.6 Å². The highest BCUT2D eigenvalue weighted by molar-refractivity contribution is 6.05. The van der Waals surface area contributed by atoms with Gasteiger partial charge in [0.05, 0.1) is 40.7 Å². The molecule has 59 heavy (non-hydrogen) atoms. The van der Waals surface area contributed by atoms with E-state index in [1.807, 2.05) is 28.9 Å². The van der Waals surface area contributed by atoms with Crippen LogP contribution in [0.5, 0.6) is 5.75 Å². The lowest BCUT2D eigenvalue weighted by Gasteiger charge is -2.36. The van der Waals surface area contributed by atoms with E-state index in [2.05, 4.69) is 14.7 Å². The third-order valence-electron chi connectivity index (χ3n) is 9.77. The quantitative estimate of drug-likeness (QED) is 0.149. The molecule has 2 aliphatic rings. The molecule has 4 aromatic heterocycles. The molecule has 0 radical (unpaired) electrons. The van der Waals surface area contributed by atoms with Crippen LogP contribution in [0.4, 0.5) is 33.3 Å². The second-order valence-electron chi connectivity index (χ2n) is 13.5. The van der Waals surface area contributed by atoms with Gasteiger partial charge < -0.3 is 33.2 Å². The first-order chi connectivity index (χ1) is 28.4. The Bertz CT molecular complexity index is 2600. The fraction of sp³-hybridized carbons (Fsp3) is 0.268. The lowest BCUT2D eigenvalue weighted by Crippen LogP contribution is -2.48. The van der Waals surface area contributed by atoms with Gasteiger partial charge in [-0.2, -0.15) is 19.3 Å². The molecule has 2 fully saturated rings. The van der Waals surface area contributed by atoms with Crippen LogP contribution in [0.3, 0.4) is 0 Å². The Morgan fingerprint density at radius 3 is 1.97 bits per heavy atom. The van der Waals surface area contributed by atoms with Crippen LogP contribution in [0, 0.1) is 35.4 Å². The van der Waals surface area contributed by atoms with Crippen molar-refractivity contribution in [2.45, 2.75) is 20.0 Å². The number of aryl methyl sites for hydroxylation is 1. The second kappa shape index (κ2) is 17.1. The SMILES string of the molecule is Cc1cc(C(=O)N2CCN(c3cc(F)cc(C#N)c3)CC2)c2occc2n1.N#Cc1cc(OC(F)F)cc(N2CCN(C(=O)c3ccnc4cc(C(F)F)oc34)CC2)c1. The molecule has 0 spiro atoms. The van der Waals surface area contributed by atoms with Crippen molar-refractivity contribution >= 4 is 45.4 Å². The van der Waals surface area contributed by atoms with Gasteiger partial charge in [0, 0.05) is 93.8 Å². The van der Waals surface area contributed by atoms with Crippen LogP contribution in [0.25, 0.3) is 22.2 Å². The molecule has 0 unspecified atom stereocenters. The van der Waals surface area contributed by atoms with E-state index in [1.54, 1.807) is 34.1 Å². The monoisotopic (exact) mass is 812 g/mol. The van der Waals surface area contributed by atoms with Crippen molar-refractivity contribution in [3.8, 4) is 17.9 Å². The second-order valence-corrected chi connectivity index (χ2v) is 13.5. The fourth-order valence-corrected chi connectivity index (χ4v) is 6.98. The Morgan fingerprint density at radius 1 is 0.746 bits per heavy atom. The van der Waals surface area contributed by atoms with E-state index >= 15 is 0 Å². The first-order valence-electron chi connectivity index (χ1n) is 18.2.